The van der Waals surface area contributed by atoms with E-state index in [0.717, 1.165) is 19.5 Å². The second-order valence-corrected chi connectivity index (χ2v) is 5.37. The van der Waals surface area contributed by atoms with Crippen molar-refractivity contribution in [3.63, 3.8) is 0 Å². The second-order valence-electron chi connectivity index (χ2n) is 5.37. The van der Waals surface area contributed by atoms with Gasteiger partial charge in [0.15, 0.2) is 11.6 Å². The van der Waals surface area contributed by atoms with Crippen molar-refractivity contribution in [1.82, 2.24) is 9.80 Å². The van der Waals surface area contributed by atoms with Crippen molar-refractivity contribution in [2.75, 3.05) is 47.0 Å². The summed E-state index contributed by atoms with van der Waals surface area (Å²) in [7, 11) is 3.07. The molecule has 0 atom stereocenters. The number of hydrogen-bond donors (Lipinski definition) is 0. The Labute approximate surface area is 130 Å². The van der Waals surface area contributed by atoms with Crippen LogP contribution in [0.1, 0.15) is 12.0 Å². The number of carbonyl (C=O) groups is 1. The molecule has 1 aromatic rings. The molecule has 0 N–H and O–H groups in total. The first kappa shape index (κ1) is 16.7. The highest BCUT2D eigenvalue weighted by atomic mass is 19.1. The highest BCUT2D eigenvalue weighted by Crippen LogP contribution is 2.21. The van der Waals surface area contributed by atoms with E-state index in [1.807, 2.05) is 9.80 Å². The molecule has 1 aliphatic rings. The summed E-state index contributed by atoms with van der Waals surface area (Å²) < 4.78 is 24.2. The number of benzene rings is 1. The molecule has 0 radical (unpaired) electrons. The molecule has 5 nitrogen and oxygen atoms in total. The first-order chi connectivity index (χ1) is 10.7. The average Bonchev–Trinajstić information content (AvgIpc) is 2.68. The van der Waals surface area contributed by atoms with Gasteiger partial charge in [-0.05, 0) is 12.5 Å². The summed E-state index contributed by atoms with van der Waals surface area (Å²) in [5.41, 5.74) is 0.553. The van der Waals surface area contributed by atoms with Crippen molar-refractivity contribution in [3.8, 4) is 5.75 Å². The molecule has 1 saturated heterocycles. The van der Waals surface area contributed by atoms with Crippen LogP contribution < -0.4 is 4.74 Å². The molecular weight excluding hydrogens is 287 g/mol. The fourth-order valence-corrected chi connectivity index (χ4v) is 2.63. The molecule has 0 spiro atoms. The van der Waals surface area contributed by atoms with Crippen LogP contribution in [-0.2, 0) is 16.1 Å². The maximum atomic E-state index is 14.2. The van der Waals surface area contributed by atoms with Crippen molar-refractivity contribution >= 4 is 5.91 Å². The largest absolute Gasteiger partial charge is 0.494 e. The van der Waals surface area contributed by atoms with Gasteiger partial charge < -0.3 is 14.4 Å². The predicted octanol–water partition coefficient (Wildman–Crippen LogP) is 1.51. The van der Waals surface area contributed by atoms with Crippen LogP contribution in [0.15, 0.2) is 18.2 Å². The maximum absolute atomic E-state index is 14.2. The van der Waals surface area contributed by atoms with Crippen LogP contribution in [0.3, 0.4) is 0 Å². The van der Waals surface area contributed by atoms with E-state index in [9.17, 15) is 9.18 Å². The Morgan fingerprint density at radius 3 is 2.82 bits per heavy atom. The van der Waals surface area contributed by atoms with E-state index in [2.05, 4.69) is 0 Å². The number of ether oxygens (including phenoxy) is 2. The number of hydrogen-bond acceptors (Lipinski definition) is 4. The van der Waals surface area contributed by atoms with Crippen LogP contribution in [0.25, 0.3) is 0 Å². The van der Waals surface area contributed by atoms with E-state index < -0.39 is 0 Å². The first-order valence-corrected chi connectivity index (χ1v) is 7.46. The lowest BCUT2D eigenvalue weighted by atomic mass is 10.2. The summed E-state index contributed by atoms with van der Waals surface area (Å²) >= 11 is 0. The van der Waals surface area contributed by atoms with Crippen LogP contribution in [0.4, 0.5) is 4.39 Å². The molecule has 1 heterocycles. The van der Waals surface area contributed by atoms with E-state index >= 15 is 0 Å². The Kier molecular flexibility index (Phi) is 6.15. The van der Waals surface area contributed by atoms with Gasteiger partial charge in [0.25, 0.3) is 0 Å². The summed E-state index contributed by atoms with van der Waals surface area (Å²) in [5.74, 6) is -0.0452. The van der Waals surface area contributed by atoms with Crippen LogP contribution in [-0.4, -0.2) is 62.7 Å². The lowest BCUT2D eigenvalue weighted by Gasteiger charge is -2.21. The second kappa shape index (κ2) is 8.10. The molecule has 0 aliphatic carbocycles. The fraction of sp³-hybridized carbons (Fsp3) is 0.562. The summed E-state index contributed by atoms with van der Waals surface area (Å²) in [6.07, 6.45) is 0.876. The van der Waals surface area contributed by atoms with Gasteiger partial charge in [-0.2, -0.15) is 0 Å². The van der Waals surface area contributed by atoms with Gasteiger partial charge in [-0.1, -0.05) is 12.1 Å². The van der Waals surface area contributed by atoms with Gasteiger partial charge in [0.2, 0.25) is 5.91 Å². The third-order valence-electron chi connectivity index (χ3n) is 3.84. The molecule has 2 rings (SSSR count). The molecule has 6 heteroatoms. The molecule has 1 amide bonds. The first-order valence-electron chi connectivity index (χ1n) is 7.46. The number of methoxy groups -OCH3 is 2. The molecular formula is C16H23FN2O3. The third kappa shape index (κ3) is 4.18. The molecule has 22 heavy (non-hydrogen) atoms. The van der Waals surface area contributed by atoms with Gasteiger partial charge in [0, 0.05) is 38.9 Å². The highest BCUT2D eigenvalue weighted by molar-refractivity contribution is 5.78. The van der Waals surface area contributed by atoms with Gasteiger partial charge in [-0.25, -0.2) is 4.39 Å². The summed E-state index contributed by atoms with van der Waals surface area (Å²) in [4.78, 5) is 16.0. The summed E-state index contributed by atoms with van der Waals surface area (Å²) in [5, 5.41) is 0. The van der Waals surface area contributed by atoms with Crippen molar-refractivity contribution in [2.24, 2.45) is 0 Å². The van der Waals surface area contributed by atoms with Gasteiger partial charge in [-0.15, -0.1) is 0 Å². The van der Waals surface area contributed by atoms with Crippen molar-refractivity contribution in [1.29, 1.82) is 0 Å². The molecule has 1 aromatic carbocycles. The van der Waals surface area contributed by atoms with Crippen LogP contribution in [0.2, 0.25) is 0 Å². The smallest absolute Gasteiger partial charge is 0.236 e. The summed E-state index contributed by atoms with van der Waals surface area (Å²) in [6, 6.07) is 5.09. The molecule has 0 aromatic heterocycles. The monoisotopic (exact) mass is 310 g/mol. The number of halogens is 1. The number of nitrogens with zero attached hydrogens (tertiary/aromatic N) is 2. The topological polar surface area (TPSA) is 42.0 Å². The molecule has 1 fully saturated rings. The standard InChI is InChI=1S/C16H23FN2O3/c1-21-10-9-19-8-4-7-18(12-15(19)20)11-13-5-3-6-14(22-2)16(13)17/h3,5-6H,4,7-12H2,1-2H3. The molecule has 0 unspecified atom stereocenters. The van der Waals surface area contributed by atoms with Crippen LogP contribution in [0.5, 0.6) is 5.75 Å². The van der Waals surface area contributed by atoms with E-state index in [1.165, 1.54) is 7.11 Å². The lowest BCUT2D eigenvalue weighted by Crippen LogP contribution is -2.38. The minimum Gasteiger partial charge on any atom is -0.494 e. The predicted molar refractivity (Wildman–Crippen MR) is 81.3 cm³/mol. The van der Waals surface area contributed by atoms with Gasteiger partial charge >= 0.3 is 0 Å². The van der Waals surface area contributed by atoms with E-state index in [1.54, 1.807) is 25.3 Å². The SMILES string of the molecule is COCCN1CCCN(Cc2cccc(OC)c2F)CC1=O. The Morgan fingerprint density at radius 2 is 2.09 bits per heavy atom. The minimum absolute atomic E-state index is 0.0675. The zero-order valence-electron chi connectivity index (χ0n) is 13.2. The highest BCUT2D eigenvalue weighted by Gasteiger charge is 2.22. The normalized spacial score (nSPS) is 16.7. The molecule has 122 valence electrons. The van der Waals surface area contributed by atoms with Gasteiger partial charge in [0.1, 0.15) is 0 Å². The minimum atomic E-state index is -0.349. The van der Waals surface area contributed by atoms with E-state index in [4.69, 9.17) is 9.47 Å². The zero-order chi connectivity index (χ0) is 15.9. The van der Waals surface area contributed by atoms with E-state index in [0.29, 0.717) is 31.8 Å². The lowest BCUT2D eigenvalue weighted by molar-refractivity contribution is -0.131. The number of rotatable bonds is 6. The Morgan fingerprint density at radius 1 is 1.27 bits per heavy atom. The zero-order valence-corrected chi connectivity index (χ0v) is 13.2. The van der Waals surface area contributed by atoms with Crippen molar-refractivity contribution in [2.45, 2.75) is 13.0 Å². The van der Waals surface area contributed by atoms with Crippen LogP contribution in [0, 0.1) is 5.82 Å². The quantitative estimate of drug-likeness (QED) is 0.799. The number of amides is 1. The Balaban J connectivity index is 2.00. The molecule has 0 bridgehead atoms. The van der Waals surface area contributed by atoms with Gasteiger partial charge in [0.05, 0.1) is 20.3 Å². The molecule has 0 saturated carbocycles. The van der Waals surface area contributed by atoms with Crippen molar-refractivity contribution in [3.05, 3.63) is 29.6 Å². The fourth-order valence-electron chi connectivity index (χ4n) is 2.63. The molecule has 1 aliphatic heterocycles. The maximum Gasteiger partial charge on any atom is 0.236 e. The van der Waals surface area contributed by atoms with Crippen molar-refractivity contribution < 1.29 is 18.7 Å². The average molecular weight is 310 g/mol. The Hall–Kier alpha value is -1.66. The third-order valence-corrected chi connectivity index (χ3v) is 3.84. The van der Waals surface area contributed by atoms with Gasteiger partial charge in [-0.3, -0.25) is 9.69 Å². The van der Waals surface area contributed by atoms with E-state index in [-0.39, 0.29) is 17.5 Å². The van der Waals surface area contributed by atoms with Crippen LogP contribution >= 0.6 is 0 Å². The summed E-state index contributed by atoms with van der Waals surface area (Å²) in [6.45, 7) is 3.35. The Bertz CT molecular complexity index is 510. The number of carbonyl (C=O) groups excluding carboxylic acids is 1.